The van der Waals surface area contributed by atoms with Crippen LogP contribution < -0.4 is 10.5 Å². The van der Waals surface area contributed by atoms with Gasteiger partial charge in [-0.1, -0.05) is 71.0 Å². The van der Waals surface area contributed by atoms with Gasteiger partial charge in [-0.2, -0.15) is 0 Å². The van der Waals surface area contributed by atoms with Crippen molar-refractivity contribution in [3.63, 3.8) is 0 Å². The number of rotatable bonds is 6. The van der Waals surface area contributed by atoms with Crippen LogP contribution in [0.1, 0.15) is 46.1 Å². The van der Waals surface area contributed by atoms with Crippen LogP contribution in [0.2, 0.25) is 0 Å². The SMILES string of the molecule is CC(C)c1ccccc1-c1nc(N)cnc1-c1cccc(OCC(F)(F)C(C)(C)C)c1. The van der Waals surface area contributed by atoms with Crippen molar-refractivity contribution in [3.05, 3.63) is 60.3 Å². The van der Waals surface area contributed by atoms with Crippen molar-refractivity contribution in [2.45, 2.75) is 46.5 Å². The number of benzene rings is 2. The van der Waals surface area contributed by atoms with Gasteiger partial charge in [0.05, 0.1) is 17.6 Å². The lowest BCUT2D eigenvalue weighted by Gasteiger charge is -2.30. The van der Waals surface area contributed by atoms with Gasteiger partial charge >= 0.3 is 0 Å². The third-order valence-corrected chi connectivity index (χ3v) is 5.25. The van der Waals surface area contributed by atoms with Crippen molar-refractivity contribution in [3.8, 4) is 28.3 Å². The lowest BCUT2D eigenvalue weighted by atomic mass is 9.88. The highest BCUT2D eigenvalue weighted by atomic mass is 19.3. The fourth-order valence-electron chi connectivity index (χ4n) is 3.14. The molecule has 1 heterocycles. The van der Waals surface area contributed by atoms with E-state index in [0.717, 1.165) is 16.7 Å². The van der Waals surface area contributed by atoms with Gasteiger partial charge in [0, 0.05) is 16.5 Å². The molecular formula is C25H29F2N3O. The van der Waals surface area contributed by atoms with E-state index >= 15 is 0 Å². The van der Waals surface area contributed by atoms with Gasteiger partial charge in [-0.15, -0.1) is 0 Å². The third-order valence-electron chi connectivity index (χ3n) is 5.25. The molecule has 6 heteroatoms. The summed E-state index contributed by atoms with van der Waals surface area (Å²) in [6, 6.07) is 15.0. The van der Waals surface area contributed by atoms with Gasteiger partial charge < -0.3 is 10.5 Å². The number of nitrogens with zero attached hydrogens (tertiary/aromatic N) is 2. The molecule has 4 nitrogen and oxygen atoms in total. The Labute approximate surface area is 182 Å². The van der Waals surface area contributed by atoms with Gasteiger partial charge in [0.2, 0.25) is 0 Å². The van der Waals surface area contributed by atoms with Crippen LogP contribution in [0.25, 0.3) is 22.5 Å². The molecule has 0 unspecified atom stereocenters. The molecule has 0 aliphatic carbocycles. The Kier molecular flexibility index (Phi) is 6.30. The smallest absolute Gasteiger partial charge is 0.286 e. The molecule has 2 N–H and O–H groups in total. The average Bonchev–Trinajstić information content (AvgIpc) is 2.71. The van der Waals surface area contributed by atoms with Crippen LogP contribution in [0.15, 0.2) is 54.7 Å². The minimum absolute atomic E-state index is 0.279. The van der Waals surface area contributed by atoms with Crippen molar-refractivity contribution < 1.29 is 13.5 Å². The maximum Gasteiger partial charge on any atom is 0.286 e. The summed E-state index contributed by atoms with van der Waals surface area (Å²) in [5, 5.41) is 0. The van der Waals surface area contributed by atoms with E-state index in [1.807, 2.05) is 24.3 Å². The maximum atomic E-state index is 14.3. The van der Waals surface area contributed by atoms with Gasteiger partial charge in [-0.25, -0.2) is 13.8 Å². The van der Waals surface area contributed by atoms with Gasteiger partial charge in [-0.3, -0.25) is 4.98 Å². The van der Waals surface area contributed by atoms with Gasteiger partial charge in [-0.05, 0) is 23.6 Å². The fourth-order valence-corrected chi connectivity index (χ4v) is 3.14. The fraction of sp³-hybridized carbons (Fsp3) is 0.360. The molecule has 0 atom stereocenters. The van der Waals surface area contributed by atoms with Crippen LogP contribution in [0.3, 0.4) is 0 Å². The van der Waals surface area contributed by atoms with Crippen LogP contribution in [0.5, 0.6) is 5.75 Å². The van der Waals surface area contributed by atoms with Crippen molar-refractivity contribution in [1.29, 1.82) is 0 Å². The molecule has 0 spiro atoms. The van der Waals surface area contributed by atoms with E-state index in [-0.39, 0.29) is 5.92 Å². The van der Waals surface area contributed by atoms with Crippen molar-refractivity contribution >= 4 is 5.82 Å². The minimum atomic E-state index is -2.97. The Morgan fingerprint density at radius 2 is 1.71 bits per heavy atom. The second-order valence-corrected chi connectivity index (χ2v) is 9.00. The van der Waals surface area contributed by atoms with E-state index in [1.54, 1.807) is 18.2 Å². The van der Waals surface area contributed by atoms with Crippen molar-refractivity contribution in [2.75, 3.05) is 12.3 Å². The number of halogens is 2. The Morgan fingerprint density at radius 3 is 2.39 bits per heavy atom. The van der Waals surface area contributed by atoms with Crippen molar-refractivity contribution in [1.82, 2.24) is 9.97 Å². The molecule has 0 fully saturated rings. The minimum Gasteiger partial charge on any atom is -0.487 e. The number of nitrogens with two attached hydrogens (primary N) is 1. The molecule has 0 bridgehead atoms. The lowest BCUT2D eigenvalue weighted by molar-refractivity contribution is -0.123. The molecular weight excluding hydrogens is 396 g/mol. The number of aromatic nitrogens is 2. The first-order chi connectivity index (χ1) is 14.5. The second kappa shape index (κ2) is 8.61. The van der Waals surface area contributed by atoms with E-state index in [0.29, 0.717) is 23.0 Å². The molecule has 0 aliphatic rings. The zero-order chi connectivity index (χ0) is 22.8. The van der Waals surface area contributed by atoms with Crippen LogP contribution in [0, 0.1) is 5.41 Å². The van der Waals surface area contributed by atoms with Crippen molar-refractivity contribution in [2.24, 2.45) is 5.41 Å². The molecule has 1 aromatic heterocycles. The zero-order valence-electron chi connectivity index (χ0n) is 18.6. The zero-order valence-corrected chi connectivity index (χ0v) is 18.6. The highest BCUT2D eigenvalue weighted by Crippen LogP contribution is 2.37. The monoisotopic (exact) mass is 425 g/mol. The Hall–Kier alpha value is -3.02. The van der Waals surface area contributed by atoms with E-state index < -0.39 is 17.9 Å². The molecule has 31 heavy (non-hydrogen) atoms. The number of anilines is 1. The van der Waals surface area contributed by atoms with E-state index in [4.69, 9.17) is 10.5 Å². The van der Waals surface area contributed by atoms with Crippen LogP contribution in [-0.4, -0.2) is 22.5 Å². The lowest BCUT2D eigenvalue weighted by Crippen LogP contribution is -2.39. The van der Waals surface area contributed by atoms with E-state index in [9.17, 15) is 8.78 Å². The summed E-state index contributed by atoms with van der Waals surface area (Å²) in [7, 11) is 0. The van der Waals surface area contributed by atoms with Gasteiger partial charge in [0.1, 0.15) is 11.6 Å². The summed E-state index contributed by atoms with van der Waals surface area (Å²) < 4.78 is 34.1. The Balaban J connectivity index is 2.01. The van der Waals surface area contributed by atoms with E-state index in [1.165, 1.54) is 27.0 Å². The second-order valence-electron chi connectivity index (χ2n) is 9.00. The largest absolute Gasteiger partial charge is 0.487 e. The first-order valence-corrected chi connectivity index (χ1v) is 10.3. The predicted octanol–water partition coefficient (Wildman–Crippen LogP) is 6.58. The quantitative estimate of drug-likeness (QED) is 0.485. The molecule has 0 aliphatic heterocycles. The van der Waals surface area contributed by atoms with Crippen LogP contribution >= 0.6 is 0 Å². The van der Waals surface area contributed by atoms with Crippen LogP contribution in [0.4, 0.5) is 14.6 Å². The molecule has 164 valence electrons. The first kappa shape index (κ1) is 22.7. The number of nitrogen functional groups attached to an aromatic ring is 1. The summed E-state index contributed by atoms with van der Waals surface area (Å²) in [4.78, 5) is 9.09. The summed E-state index contributed by atoms with van der Waals surface area (Å²) >= 11 is 0. The molecule has 0 saturated heterocycles. The average molecular weight is 426 g/mol. The molecule has 3 rings (SSSR count). The topological polar surface area (TPSA) is 61.0 Å². The molecule has 3 aromatic rings. The summed E-state index contributed by atoms with van der Waals surface area (Å²) in [5.74, 6) is -2.02. The number of ether oxygens (including phenoxy) is 1. The third kappa shape index (κ3) is 5.01. The first-order valence-electron chi connectivity index (χ1n) is 10.3. The summed E-state index contributed by atoms with van der Waals surface area (Å²) in [5.41, 5.74) is 8.82. The normalized spacial score (nSPS) is 12.3. The Bertz CT molecular complexity index is 1060. The standard InChI is InChI=1S/C25H29F2N3O/c1-16(2)19-11-6-7-12-20(19)23-22(29-14-21(28)30-23)17-9-8-10-18(13-17)31-15-25(26,27)24(3,4)5/h6-14,16H,15H2,1-5H3,(H2,28,30). The van der Waals surface area contributed by atoms with Gasteiger partial charge in [0.15, 0.2) is 6.61 Å². The summed E-state index contributed by atoms with van der Waals surface area (Å²) in [6.45, 7) is 8.01. The number of hydrogen-bond acceptors (Lipinski definition) is 4. The molecule has 2 aromatic carbocycles. The predicted molar refractivity (Wildman–Crippen MR) is 121 cm³/mol. The number of hydrogen-bond donors (Lipinski definition) is 1. The highest BCUT2D eigenvalue weighted by molar-refractivity contribution is 5.81. The molecule has 0 radical (unpaired) electrons. The van der Waals surface area contributed by atoms with Gasteiger partial charge in [0.25, 0.3) is 5.92 Å². The highest BCUT2D eigenvalue weighted by Gasteiger charge is 2.43. The maximum absolute atomic E-state index is 14.3. The summed E-state index contributed by atoms with van der Waals surface area (Å²) in [6.07, 6.45) is 1.50. The molecule has 0 saturated carbocycles. The van der Waals surface area contributed by atoms with E-state index in [2.05, 4.69) is 29.9 Å². The number of alkyl halides is 2. The molecule has 0 amide bonds. The Morgan fingerprint density at radius 1 is 1.00 bits per heavy atom. The van der Waals surface area contributed by atoms with Crippen LogP contribution in [-0.2, 0) is 0 Å².